The molecule has 0 saturated carbocycles. The predicted octanol–water partition coefficient (Wildman–Crippen LogP) is 3.66. The number of rotatable bonds is 1. The van der Waals surface area contributed by atoms with E-state index in [1.165, 1.54) is 0 Å². The highest BCUT2D eigenvalue weighted by atomic mass is 16.6. The van der Waals surface area contributed by atoms with Crippen molar-refractivity contribution in [3.63, 3.8) is 0 Å². The molecule has 1 aromatic rings. The summed E-state index contributed by atoms with van der Waals surface area (Å²) in [4.78, 5) is 13.9. The summed E-state index contributed by atoms with van der Waals surface area (Å²) in [5.41, 5.74) is -0.455. The van der Waals surface area contributed by atoms with Gasteiger partial charge >= 0.3 is 6.09 Å². The molecule has 0 spiro atoms. The van der Waals surface area contributed by atoms with Gasteiger partial charge in [-0.3, -0.25) is 4.90 Å². The van der Waals surface area contributed by atoms with Crippen LogP contribution in [0, 0.1) is 6.92 Å². The molecule has 100 valence electrons. The SMILES string of the molecule is Cc1ccc([C@@H]2CCCN2C(=O)OC(C)(C)C)o1. The van der Waals surface area contributed by atoms with Crippen molar-refractivity contribution >= 4 is 6.09 Å². The van der Waals surface area contributed by atoms with Gasteiger partial charge < -0.3 is 9.15 Å². The Hall–Kier alpha value is -1.45. The van der Waals surface area contributed by atoms with Crippen LogP contribution in [-0.4, -0.2) is 23.1 Å². The molecule has 1 aromatic heterocycles. The summed E-state index contributed by atoms with van der Waals surface area (Å²) < 4.78 is 11.1. The van der Waals surface area contributed by atoms with Gasteiger partial charge in [0.2, 0.25) is 0 Å². The topological polar surface area (TPSA) is 42.7 Å². The van der Waals surface area contributed by atoms with Crippen LogP contribution in [0.25, 0.3) is 0 Å². The van der Waals surface area contributed by atoms with Crippen molar-refractivity contribution < 1.29 is 13.9 Å². The summed E-state index contributed by atoms with van der Waals surface area (Å²) in [6.07, 6.45) is 1.68. The van der Waals surface area contributed by atoms with Gasteiger partial charge in [-0.1, -0.05) is 0 Å². The van der Waals surface area contributed by atoms with Gasteiger partial charge in [-0.2, -0.15) is 0 Å². The zero-order valence-electron chi connectivity index (χ0n) is 11.5. The van der Waals surface area contributed by atoms with Crippen LogP contribution in [0.2, 0.25) is 0 Å². The molecule has 2 heterocycles. The maximum atomic E-state index is 12.1. The maximum absolute atomic E-state index is 12.1. The first-order chi connectivity index (χ1) is 8.37. The van der Waals surface area contributed by atoms with Crippen molar-refractivity contribution in [2.45, 2.75) is 52.2 Å². The Labute approximate surface area is 108 Å². The molecular weight excluding hydrogens is 230 g/mol. The molecule has 1 saturated heterocycles. The van der Waals surface area contributed by atoms with Crippen molar-refractivity contribution in [3.8, 4) is 0 Å². The highest BCUT2D eigenvalue weighted by molar-refractivity contribution is 5.69. The summed E-state index contributed by atoms with van der Waals surface area (Å²) in [6, 6.07) is 3.90. The highest BCUT2D eigenvalue weighted by Crippen LogP contribution is 2.33. The highest BCUT2D eigenvalue weighted by Gasteiger charge is 2.34. The minimum atomic E-state index is -0.455. The fraction of sp³-hybridized carbons (Fsp3) is 0.643. The Balaban J connectivity index is 2.10. The van der Waals surface area contributed by atoms with E-state index < -0.39 is 5.60 Å². The third-order valence-electron chi connectivity index (χ3n) is 2.97. The third-order valence-corrected chi connectivity index (χ3v) is 2.97. The Morgan fingerprint density at radius 3 is 2.72 bits per heavy atom. The average molecular weight is 251 g/mol. The van der Waals surface area contributed by atoms with Gasteiger partial charge in [0, 0.05) is 6.54 Å². The number of amides is 1. The van der Waals surface area contributed by atoms with Crippen LogP contribution in [-0.2, 0) is 4.74 Å². The molecule has 2 rings (SSSR count). The standard InChI is InChI=1S/C14H21NO3/c1-10-7-8-12(17-10)11-6-5-9-15(11)13(16)18-14(2,3)4/h7-8,11H,5-6,9H2,1-4H3/t11-/m0/s1. The van der Waals surface area contributed by atoms with E-state index in [1.54, 1.807) is 4.90 Å². The quantitative estimate of drug-likeness (QED) is 0.765. The van der Waals surface area contributed by atoms with Crippen LogP contribution in [0.5, 0.6) is 0 Å². The van der Waals surface area contributed by atoms with E-state index in [1.807, 2.05) is 39.8 Å². The lowest BCUT2D eigenvalue weighted by Gasteiger charge is -2.27. The van der Waals surface area contributed by atoms with Crippen molar-refractivity contribution in [1.29, 1.82) is 0 Å². The van der Waals surface area contributed by atoms with Crippen LogP contribution in [0.3, 0.4) is 0 Å². The Bertz CT molecular complexity index is 430. The van der Waals surface area contributed by atoms with E-state index in [-0.39, 0.29) is 12.1 Å². The zero-order valence-corrected chi connectivity index (χ0v) is 11.5. The molecule has 1 amide bonds. The van der Waals surface area contributed by atoms with E-state index in [0.717, 1.165) is 30.9 Å². The molecule has 0 radical (unpaired) electrons. The monoisotopic (exact) mass is 251 g/mol. The van der Waals surface area contributed by atoms with E-state index in [9.17, 15) is 4.79 Å². The van der Waals surface area contributed by atoms with E-state index in [0.29, 0.717) is 0 Å². The van der Waals surface area contributed by atoms with Crippen molar-refractivity contribution in [1.82, 2.24) is 4.90 Å². The zero-order chi connectivity index (χ0) is 13.3. The first kappa shape index (κ1) is 13.0. The van der Waals surface area contributed by atoms with Crippen molar-refractivity contribution in [3.05, 3.63) is 23.7 Å². The smallest absolute Gasteiger partial charge is 0.410 e. The predicted molar refractivity (Wildman–Crippen MR) is 68.4 cm³/mol. The fourth-order valence-electron chi connectivity index (χ4n) is 2.23. The molecule has 0 bridgehead atoms. The van der Waals surface area contributed by atoms with Gasteiger partial charge in [-0.15, -0.1) is 0 Å². The Kier molecular flexibility index (Phi) is 3.37. The third kappa shape index (κ3) is 2.86. The minimum Gasteiger partial charge on any atom is -0.464 e. The van der Waals surface area contributed by atoms with Crippen LogP contribution in [0.15, 0.2) is 16.5 Å². The summed E-state index contributed by atoms with van der Waals surface area (Å²) in [7, 11) is 0. The Morgan fingerprint density at radius 2 is 2.17 bits per heavy atom. The molecule has 0 aromatic carbocycles. The molecule has 18 heavy (non-hydrogen) atoms. The second-order valence-corrected chi connectivity index (χ2v) is 5.78. The summed E-state index contributed by atoms with van der Waals surface area (Å²) in [5, 5.41) is 0. The van der Waals surface area contributed by atoms with Crippen LogP contribution < -0.4 is 0 Å². The number of nitrogens with zero attached hydrogens (tertiary/aromatic N) is 1. The molecule has 4 heteroatoms. The molecular formula is C14H21NO3. The first-order valence-corrected chi connectivity index (χ1v) is 6.43. The van der Waals surface area contributed by atoms with Gasteiger partial charge in [0.15, 0.2) is 0 Å². The van der Waals surface area contributed by atoms with E-state index in [4.69, 9.17) is 9.15 Å². The van der Waals surface area contributed by atoms with E-state index >= 15 is 0 Å². The lowest BCUT2D eigenvalue weighted by molar-refractivity contribution is 0.0208. The molecule has 1 fully saturated rings. The number of carbonyl (C=O) groups excluding carboxylic acids is 1. The lowest BCUT2D eigenvalue weighted by atomic mass is 10.2. The van der Waals surface area contributed by atoms with Gasteiger partial charge in [-0.05, 0) is 52.7 Å². The summed E-state index contributed by atoms with van der Waals surface area (Å²) in [6.45, 7) is 8.29. The van der Waals surface area contributed by atoms with Crippen molar-refractivity contribution in [2.75, 3.05) is 6.54 Å². The largest absolute Gasteiger partial charge is 0.464 e. The lowest BCUT2D eigenvalue weighted by Crippen LogP contribution is -2.36. The summed E-state index contributed by atoms with van der Waals surface area (Å²) >= 11 is 0. The number of carbonyl (C=O) groups is 1. The van der Waals surface area contributed by atoms with Gasteiger partial charge in [-0.25, -0.2) is 4.79 Å². The molecule has 1 aliphatic heterocycles. The first-order valence-electron chi connectivity index (χ1n) is 6.43. The van der Waals surface area contributed by atoms with Gasteiger partial charge in [0.1, 0.15) is 17.1 Å². The molecule has 4 nitrogen and oxygen atoms in total. The fourth-order valence-corrected chi connectivity index (χ4v) is 2.23. The van der Waals surface area contributed by atoms with Crippen LogP contribution in [0.4, 0.5) is 4.79 Å². The van der Waals surface area contributed by atoms with Crippen LogP contribution in [0.1, 0.15) is 51.2 Å². The summed E-state index contributed by atoms with van der Waals surface area (Å²) in [5.74, 6) is 1.73. The number of hydrogen-bond acceptors (Lipinski definition) is 3. The number of hydrogen-bond donors (Lipinski definition) is 0. The van der Waals surface area contributed by atoms with E-state index in [2.05, 4.69) is 0 Å². The maximum Gasteiger partial charge on any atom is 0.410 e. The second-order valence-electron chi connectivity index (χ2n) is 5.78. The molecule has 1 aliphatic rings. The molecule has 0 unspecified atom stereocenters. The number of furan rings is 1. The number of likely N-dealkylation sites (tertiary alicyclic amines) is 1. The molecule has 1 atom stereocenters. The average Bonchev–Trinajstić information content (AvgIpc) is 2.81. The Morgan fingerprint density at radius 1 is 1.44 bits per heavy atom. The second kappa shape index (κ2) is 4.67. The number of aryl methyl sites for hydroxylation is 1. The molecule has 0 aliphatic carbocycles. The van der Waals surface area contributed by atoms with Crippen molar-refractivity contribution in [2.24, 2.45) is 0 Å². The normalized spacial score (nSPS) is 20.2. The van der Waals surface area contributed by atoms with Gasteiger partial charge in [0.25, 0.3) is 0 Å². The minimum absolute atomic E-state index is 0.0218. The number of ether oxygens (including phenoxy) is 1. The van der Waals surface area contributed by atoms with Crippen LogP contribution >= 0.6 is 0 Å². The van der Waals surface area contributed by atoms with Gasteiger partial charge in [0.05, 0.1) is 6.04 Å². The molecule has 0 N–H and O–H groups in total.